The van der Waals surface area contributed by atoms with Gasteiger partial charge in [-0.05, 0) is 24.3 Å². The van der Waals surface area contributed by atoms with Crippen molar-refractivity contribution in [1.82, 2.24) is 0 Å². The van der Waals surface area contributed by atoms with Gasteiger partial charge in [0.05, 0.1) is 0 Å². The van der Waals surface area contributed by atoms with E-state index in [4.69, 9.17) is 34.1 Å². The molecule has 0 heterocycles. The van der Waals surface area contributed by atoms with Crippen LogP contribution in [0.15, 0.2) is 47.6 Å². The number of hydrogen-bond acceptors (Lipinski definition) is 3. The molecule has 0 aliphatic carbocycles. The third kappa shape index (κ3) is 3.40. The Morgan fingerprint density at radius 1 is 1.14 bits per heavy atom. The molecule has 110 valence electrons. The minimum atomic E-state index is 0.0581. The highest BCUT2D eigenvalue weighted by Crippen LogP contribution is 2.28. The summed E-state index contributed by atoms with van der Waals surface area (Å²) >= 11 is 12.4. The number of halogens is 2. The molecule has 0 atom stereocenters. The molecule has 2 aromatic carbocycles. The zero-order valence-corrected chi connectivity index (χ0v) is 12.9. The molecule has 0 bridgehead atoms. The van der Waals surface area contributed by atoms with Gasteiger partial charge in [-0.3, -0.25) is 0 Å². The van der Waals surface area contributed by atoms with Gasteiger partial charge in [0.15, 0.2) is 5.84 Å². The Kier molecular flexibility index (Phi) is 4.94. The van der Waals surface area contributed by atoms with Gasteiger partial charge in [0.25, 0.3) is 0 Å². The molecule has 0 saturated heterocycles. The second-order valence-corrected chi connectivity index (χ2v) is 5.37. The second kappa shape index (κ2) is 6.70. The lowest BCUT2D eigenvalue weighted by Crippen LogP contribution is -2.22. The van der Waals surface area contributed by atoms with Gasteiger partial charge < -0.3 is 15.8 Å². The van der Waals surface area contributed by atoms with Crippen LogP contribution in [0.5, 0.6) is 0 Å². The molecule has 0 unspecified atom stereocenters. The van der Waals surface area contributed by atoms with E-state index in [2.05, 4.69) is 5.16 Å². The standard InChI is InChI=1S/C15H15Cl2N3O/c1-20(9-11-12(16)6-4-7-13(11)17)14-8-3-2-5-10(14)15(18)19-21/h2-8,21H,9H2,1H3,(H2,18,19). The highest BCUT2D eigenvalue weighted by atomic mass is 35.5. The first-order chi connectivity index (χ1) is 10.0. The summed E-state index contributed by atoms with van der Waals surface area (Å²) in [6.07, 6.45) is 0. The monoisotopic (exact) mass is 323 g/mol. The molecule has 0 spiro atoms. The highest BCUT2D eigenvalue weighted by molar-refractivity contribution is 6.36. The molecule has 0 saturated carbocycles. The first-order valence-electron chi connectivity index (χ1n) is 6.25. The van der Waals surface area contributed by atoms with E-state index in [0.29, 0.717) is 22.2 Å². The zero-order chi connectivity index (χ0) is 15.4. The number of rotatable bonds is 4. The number of amidine groups is 1. The topological polar surface area (TPSA) is 61.8 Å². The third-order valence-electron chi connectivity index (χ3n) is 3.16. The van der Waals surface area contributed by atoms with Crippen molar-refractivity contribution in [2.75, 3.05) is 11.9 Å². The van der Waals surface area contributed by atoms with Crippen molar-refractivity contribution in [2.24, 2.45) is 10.9 Å². The minimum absolute atomic E-state index is 0.0581. The molecule has 0 aromatic heterocycles. The second-order valence-electron chi connectivity index (χ2n) is 4.56. The Bertz CT molecular complexity index is 653. The van der Waals surface area contributed by atoms with Gasteiger partial charge in [0.1, 0.15) is 0 Å². The average molecular weight is 324 g/mol. The molecule has 2 aromatic rings. The van der Waals surface area contributed by atoms with Crippen LogP contribution in [0.2, 0.25) is 10.0 Å². The van der Waals surface area contributed by atoms with E-state index in [0.717, 1.165) is 11.3 Å². The highest BCUT2D eigenvalue weighted by Gasteiger charge is 2.13. The van der Waals surface area contributed by atoms with Crippen molar-refractivity contribution in [1.29, 1.82) is 0 Å². The number of nitrogens with two attached hydrogens (primary N) is 1. The molecule has 0 amide bonds. The van der Waals surface area contributed by atoms with E-state index in [9.17, 15) is 0 Å². The van der Waals surface area contributed by atoms with Crippen LogP contribution in [0.3, 0.4) is 0 Å². The van der Waals surface area contributed by atoms with Crippen LogP contribution < -0.4 is 10.6 Å². The normalized spacial score (nSPS) is 11.5. The summed E-state index contributed by atoms with van der Waals surface area (Å²) < 4.78 is 0. The molecule has 0 aliphatic heterocycles. The summed E-state index contributed by atoms with van der Waals surface area (Å²) in [6.45, 7) is 0.508. The molecule has 0 fully saturated rings. The molecule has 4 nitrogen and oxygen atoms in total. The fourth-order valence-corrected chi connectivity index (χ4v) is 2.60. The maximum absolute atomic E-state index is 8.87. The summed E-state index contributed by atoms with van der Waals surface area (Å²) in [6, 6.07) is 12.8. The molecule has 21 heavy (non-hydrogen) atoms. The maximum Gasteiger partial charge on any atom is 0.172 e. The molecule has 2 rings (SSSR count). The summed E-state index contributed by atoms with van der Waals surface area (Å²) in [5, 5.41) is 13.1. The first-order valence-corrected chi connectivity index (χ1v) is 7.01. The molecular formula is C15H15Cl2N3O. The number of anilines is 1. The number of hydrogen-bond donors (Lipinski definition) is 2. The average Bonchev–Trinajstić information content (AvgIpc) is 2.50. The molecule has 3 N–H and O–H groups in total. The summed E-state index contributed by atoms with van der Waals surface area (Å²) in [4.78, 5) is 1.94. The number of nitrogens with zero attached hydrogens (tertiary/aromatic N) is 2. The van der Waals surface area contributed by atoms with Crippen LogP contribution in [-0.4, -0.2) is 18.1 Å². The van der Waals surface area contributed by atoms with Crippen LogP contribution in [0.25, 0.3) is 0 Å². The lowest BCUT2D eigenvalue weighted by Gasteiger charge is -2.23. The predicted molar refractivity (Wildman–Crippen MR) is 87.5 cm³/mol. The van der Waals surface area contributed by atoms with E-state index >= 15 is 0 Å². The van der Waals surface area contributed by atoms with Crippen LogP contribution in [0.4, 0.5) is 5.69 Å². The van der Waals surface area contributed by atoms with Crippen molar-refractivity contribution in [3.63, 3.8) is 0 Å². The van der Waals surface area contributed by atoms with Crippen molar-refractivity contribution >= 4 is 34.7 Å². The minimum Gasteiger partial charge on any atom is -0.409 e. The van der Waals surface area contributed by atoms with Gasteiger partial charge in [0.2, 0.25) is 0 Å². The molecule has 6 heteroatoms. The molecule has 0 aliphatic rings. The van der Waals surface area contributed by atoms with Gasteiger partial charge in [-0.25, -0.2) is 0 Å². The number of benzene rings is 2. The lowest BCUT2D eigenvalue weighted by atomic mass is 10.1. The Balaban J connectivity index is 2.36. The Morgan fingerprint density at radius 2 is 1.76 bits per heavy atom. The zero-order valence-electron chi connectivity index (χ0n) is 11.4. The van der Waals surface area contributed by atoms with Crippen molar-refractivity contribution in [2.45, 2.75) is 6.54 Å². The largest absolute Gasteiger partial charge is 0.409 e. The Morgan fingerprint density at radius 3 is 2.38 bits per heavy atom. The van der Waals surface area contributed by atoms with Crippen molar-refractivity contribution < 1.29 is 5.21 Å². The van der Waals surface area contributed by atoms with Gasteiger partial charge in [-0.2, -0.15) is 0 Å². The first kappa shape index (κ1) is 15.5. The van der Waals surface area contributed by atoms with Crippen LogP contribution in [-0.2, 0) is 6.54 Å². The Labute approximate surface area is 133 Å². The van der Waals surface area contributed by atoms with Gasteiger partial charge in [-0.1, -0.05) is 46.6 Å². The van der Waals surface area contributed by atoms with Crippen LogP contribution in [0.1, 0.15) is 11.1 Å². The van der Waals surface area contributed by atoms with Gasteiger partial charge >= 0.3 is 0 Å². The summed E-state index contributed by atoms with van der Waals surface area (Å²) in [5.41, 5.74) is 8.01. The van der Waals surface area contributed by atoms with E-state index in [1.807, 2.05) is 30.1 Å². The lowest BCUT2D eigenvalue weighted by molar-refractivity contribution is 0.318. The fraction of sp³-hybridized carbons (Fsp3) is 0.133. The van der Waals surface area contributed by atoms with E-state index in [-0.39, 0.29) is 5.84 Å². The molecular weight excluding hydrogens is 309 g/mol. The van der Waals surface area contributed by atoms with Gasteiger partial charge in [-0.15, -0.1) is 0 Å². The predicted octanol–water partition coefficient (Wildman–Crippen LogP) is 3.72. The maximum atomic E-state index is 8.87. The van der Waals surface area contributed by atoms with E-state index in [1.54, 1.807) is 24.3 Å². The summed E-state index contributed by atoms with van der Waals surface area (Å²) in [5.74, 6) is 0.0581. The van der Waals surface area contributed by atoms with E-state index in [1.165, 1.54) is 0 Å². The third-order valence-corrected chi connectivity index (χ3v) is 3.86. The van der Waals surface area contributed by atoms with E-state index < -0.39 is 0 Å². The van der Waals surface area contributed by atoms with Crippen LogP contribution >= 0.6 is 23.2 Å². The van der Waals surface area contributed by atoms with Crippen LogP contribution in [0, 0.1) is 0 Å². The SMILES string of the molecule is CN(Cc1c(Cl)cccc1Cl)c1ccccc1/C(N)=N/O. The molecule has 0 radical (unpaired) electrons. The number of oxime groups is 1. The summed E-state index contributed by atoms with van der Waals surface area (Å²) in [7, 11) is 1.89. The smallest absolute Gasteiger partial charge is 0.172 e. The van der Waals surface area contributed by atoms with Gasteiger partial charge in [0, 0.05) is 40.5 Å². The quantitative estimate of drug-likeness (QED) is 0.390. The fourth-order valence-electron chi connectivity index (χ4n) is 2.08. The van der Waals surface area contributed by atoms with Crippen molar-refractivity contribution in [3.05, 3.63) is 63.6 Å². The Hall–Kier alpha value is -1.91. The van der Waals surface area contributed by atoms with Crippen molar-refractivity contribution in [3.8, 4) is 0 Å². The number of para-hydroxylation sites is 1.